The third-order valence-corrected chi connectivity index (χ3v) is 6.25. The lowest BCUT2D eigenvalue weighted by Gasteiger charge is -2.34. The number of nitrogens with zero attached hydrogens (tertiary/aromatic N) is 5. The fraction of sp³-hybridized carbons (Fsp3) is 0.269. The number of anilines is 3. The average Bonchev–Trinajstić information content (AvgIpc) is 3.18. The van der Waals surface area contributed by atoms with Crippen LogP contribution in [0.1, 0.15) is 10.5 Å². The molecule has 0 bridgehead atoms. The number of hydrogen-bond acceptors (Lipinski definition) is 7. The van der Waals surface area contributed by atoms with Crippen molar-refractivity contribution in [2.45, 2.75) is 0 Å². The summed E-state index contributed by atoms with van der Waals surface area (Å²) >= 11 is 0. The molecule has 0 saturated carbocycles. The summed E-state index contributed by atoms with van der Waals surface area (Å²) in [6.45, 7) is 4.19. The topological polar surface area (TPSA) is 87.5 Å². The molecule has 35 heavy (non-hydrogen) atoms. The second-order valence-electron chi connectivity index (χ2n) is 8.67. The quantitative estimate of drug-likeness (QED) is 0.444. The lowest BCUT2D eigenvalue weighted by atomic mass is 10.2. The van der Waals surface area contributed by atoms with Gasteiger partial charge in [0, 0.05) is 70.0 Å². The van der Waals surface area contributed by atoms with Gasteiger partial charge in [-0.05, 0) is 43.4 Å². The number of nitrogens with one attached hydrogen (secondary N) is 2. The minimum atomic E-state index is -0.261. The summed E-state index contributed by atoms with van der Waals surface area (Å²) in [5, 5.41) is 6.03. The third kappa shape index (κ3) is 4.90. The Hall–Kier alpha value is -4.11. The van der Waals surface area contributed by atoms with E-state index in [1.54, 1.807) is 25.4 Å². The fourth-order valence-electron chi connectivity index (χ4n) is 4.19. The van der Waals surface area contributed by atoms with Gasteiger partial charge in [-0.15, -0.1) is 0 Å². The molecule has 2 N–H and O–H groups in total. The molecule has 3 heterocycles. The van der Waals surface area contributed by atoms with Crippen molar-refractivity contribution >= 4 is 34.3 Å². The highest BCUT2D eigenvalue weighted by atomic mass is 16.5. The highest BCUT2D eigenvalue weighted by Gasteiger charge is 2.15. The molecule has 1 amide bonds. The maximum absolute atomic E-state index is 11.9. The Bertz CT molecular complexity index is 1360. The molecular weight excluding hydrogens is 442 g/mol. The van der Waals surface area contributed by atoms with Crippen molar-refractivity contribution in [2.24, 2.45) is 7.05 Å². The Labute approximate surface area is 204 Å². The monoisotopic (exact) mass is 471 g/mol. The first kappa shape index (κ1) is 22.7. The molecule has 0 atom stereocenters. The number of fused-ring (bicyclic) bond motifs is 1. The van der Waals surface area contributed by atoms with Crippen LogP contribution in [0.2, 0.25) is 0 Å². The van der Waals surface area contributed by atoms with Gasteiger partial charge in [-0.25, -0.2) is 4.98 Å². The van der Waals surface area contributed by atoms with Gasteiger partial charge in [0.2, 0.25) is 5.95 Å². The highest BCUT2D eigenvalue weighted by molar-refractivity contribution is 5.92. The number of piperazine rings is 1. The number of aromatic nitrogens is 3. The summed E-state index contributed by atoms with van der Waals surface area (Å²) in [4.78, 5) is 25.5. The van der Waals surface area contributed by atoms with E-state index in [0.29, 0.717) is 17.2 Å². The second kappa shape index (κ2) is 9.63. The van der Waals surface area contributed by atoms with Crippen LogP contribution in [0.15, 0.2) is 60.8 Å². The third-order valence-electron chi connectivity index (χ3n) is 6.25. The number of ether oxygens (including phenoxy) is 1. The maximum Gasteiger partial charge on any atom is 0.269 e. The van der Waals surface area contributed by atoms with E-state index < -0.39 is 0 Å². The van der Waals surface area contributed by atoms with Crippen LogP contribution in [0.25, 0.3) is 11.0 Å². The first-order chi connectivity index (χ1) is 17.0. The summed E-state index contributed by atoms with van der Waals surface area (Å²) in [6, 6.07) is 17.5. The lowest BCUT2D eigenvalue weighted by molar-refractivity contribution is 0.0958. The fourth-order valence-corrected chi connectivity index (χ4v) is 4.19. The van der Waals surface area contributed by atoms with Crippen LogP contribution in [-0.2, 0) is 7.05 Å². The number of carbonyl (C=O) groups excluding carboxylic acids is 1. The largest absolute Gasteiger partial charge is 0.457 e. The number of hydrogen-bond donors (Lipinski definition) is 2. The summed E-state index contributed by atoms with van der Waals surface area (Å²) < 4.78 is 8.01. The first-order valence-corrected chi connectivity index (χ1v) is 11.6. The van der Waals surface area contributed by atoms with Gasteiger partial charge in [-0.2, -0.15) is 0 Å². The molecule has 0 unspecified atom stereocenters. The summed E-state index contributed by atoms with van der Waals surface area (Å²) in [5.74, 6) is 1.66. The van der Waals surface area contributed by atoms with Crippen molar-refractivity contribution in [1.82, 2.24) is 24.8 Å². The maximum atomic E-state index is 11.9. The number of imidazole rings is 1. The van der Waals surface area contributed by atoms with Gasteiger partial charge in [0.25, 0.3) is 5.91 Å². The van der Waals surface area contributed by atoms with Crippen LogP contribution in [0.5, 0.6) is 11.5 Å². The van der Waals surface area contributed by atoms with E-state index in [-0.39, 0.29) is 5.91 Å². The molecule has 9 nitrogen and oxygen atoms in total. The molecule has 1 fully saturated rings. The minimum Gasteiger partial charge on any atom is -0.457 e. The van der Waals surface area contributed by atoms with E-state index >= 15 is 0 Å². The summed E-state index contributed by atoms with van der Waals surface area (Å²) in [6.07, 6.45) is 1.55. The second-order valence-corrected chi connectivity index (χ2v) is 8.67. The SMILES string of the molecule is CNC(=O)c1cc(Oc2ccc3c(c2)nc(Nc2cccc(N4CCN(C)CC4)c2)n3C)ccn1. The molecule has 1 aliphatic heterocycles. The molecule has 5 rings (SSSR count). The molecule has 4 aromatic rings. The van der Waals surface area contributed by atoms with E-state index in [4.69, 9.17) is 9.72 Å². The van der Waals surface area contributed by atoms with Gasteiger partial charge in [0.15, 0.2) is 0 Å². The molecule has 2 aromatic heterocycles. The number of amides is 1. The number of likely N-dealkylation sites (N-methyl/N-ethyl adjacent to an activating group) is 1. The standard InChI is InChI=1S/C26H29N7O2/c1-27-25(34)23-17-21(9-10-28-23)35-20-7-8-24-22(16-20)30-26(32(24)3)29-18-5-4-6-19(15-18)33-13-11-31(2)12-14-33/h4-10,15-17H,11-14H2,1-3H3,(H,27,34)(H,29,30). The number of rotatable bonds is 6. The zero-order valence-corrected chi connectivity index (χ0v) is 20.2. The smallest absolute Gasteiger partial charge is 0.269 e. The summed E-state index contributed by atoms with van der Waals surface area (Å²) in [5.41, 5.74) is 4.30. The normalized spacial score (nSPS) is 14.2. The van der Waals surface area contributed by atoms with Gasteiger partial charge in [0.1, 0.15) is 17.2 Å². The van der Waals surface area contributed by atoms with Gasteiger partial charge in [0.05, 0.1) is 11.0 Å². The number of pyridine rings is 1. The molecule has 0 radical (unpaired) electrons. The van der Waals surface area contributed by atoms with Crippen LogP contribution in [0.4, 0.5) is 17.3 Å². The molecule has 9 heteroatoms. The predicted molar refractivity (Wildman–Crippen MR) is 138 cm³/mol. The molecule has 2 aromatic carbocycles. The Morgan fingerprint density at radius 2 is 1.77 bits per heavy atom. The predicted octanol–water partition coefficient (Wildman–Crippen LogP) is 3.62. The molecular formula is C26H29N7O2. The number of benzene rings is 2. The number of carbonyl (C=O) groups is 1. The van der Waals surface area contributed by atoms with Crippen molar-refractivity contribution < 1.29 is 9.53 Å². The first-order valence-electron chi connectivity index (χ1n) is 11.6. The van der Waals surface area contributed by atoms with Crippen molar-refractivity contribution in [3.8, 4) is 11.5 Å². The Kier molecular flexibility index (Phi) is 6.24. The van der Waals surface area contributed by atoms with E-state index in [1.807, 2.05) is 29.8 Å². The van der Waals surface area contributed by atoms with E-state index in [1.165, 1.54) is 5.69 Å². The van der Waals surface area contributed by atoms with Crippen molar-refractivity contribution in [3.05, 3.63) is 66.5 Å². The minimum absolute atomic E-state index is 0.261. The molecule has 1 saturated heterocycles. The van der Waals surface area contributed by atoms with Crippen LogP contribution >= 0.6 is 0 Å². The van der Waals surface area contributed by atoms with Crippen molar-refractivity contribution in [1.29, 1.82) is 0 Å². The van der Waals surface area contributed by atoms with Gasteiger partial charge in [-0.1, -0.05) is 6.07 Å². The van der Waals surface area contributed by atoms with Crippen LogP contribution in [0, 0.1) is 0 Å². The van der Waals surface area contributed by atoms with E-state index in [0.717, 1.165) is 48.8 Å². The van der Waals surface area contributed by atoms with Crippen molar-refractivity contribution in [2.75, 3.05) is 50.5 Å². The van der Waals surface area contributed by atoms with Gasteiger partial charge in [-0.3, -0.25) is 9.78 Å². The van der Waals surface area contributed by atoms with Crippen LogP contribution in [-0.4, -0.2) is 65.6 Å². The Morgan fingerprint density at radius 3 is 2.57 bits per heavy atom. The van der Waals surface area contributed by atoms with Crippen molar-refractivity contribution in [3.63, 3.8) is 0 Å². The Balaban J connectivity index is 1.35. The zero-order valence-electron chi connectivity index (χ0n) is 20.2. The number of aryl methyl sites for hydroxylation is 1. The average molecular weight is 472 g/mol. The summed E-state index contributed by atoms with van der Waals surface area (Å²) in [7, 11) is 5.72. The van der Waals surface area contributed by atoms with Gasteiger partial charge < -0.3 is 29.7 Å². The van der Waals surface area contributed by atoms with Crippen LogP contribution < -0.4 is 20.3 Å². The van der Waals surface area contributed by atoms with E-state index in [2.05, 4.69) is 56.7 Å². The molecule has 1 aliphatic rings. The Morgan fingerprint density at radius 1 is 0.971 bits per heavy atom. The van der Waals surface area contributed by atoms with E-state index in [9.17, 15) is 4.79 Å². The highest BCUT2D eigenvalue weighted by Crippen LogP contribution is 2.29. The lowest BCUT2D eigenvalue weighted by Crippen LogP contribution is -2.44. The van der Waals surface area contributed by atoms with Gasteiger partial charge >= 0.3 is 0 Å². The molecule has 0 aliphatic carbocycles. The molecule has 0 spiro atoms. The molecule has 180 valence electrons. The zero-order chi connectivity index (χ0) is 24.4. The van der Waals surface area contributed by atoms with Crippen LogP contribution in [0.3, 0.4) is 0 Å².